The smallest absolute Gasteiger partial charge is 0.0826 e. The van der Waals surface area contributed by atoms with E-state index in [9.17, 15) is 0 Å². The minimum absolute atomic E-state index is 0.346. The van der Waals surface area contributed by atoms with Crippen LogP contribution in [-0.2, 0) is 11.3 Å². The first kappa shape index (κ1) is 12.0. The first-order chi connectivity index (χ1) is 7.75. The van der Waals surface area contributed by atoms with Gasteiger partial charge in [-0.1, -0.05) is 0 Å². The molecule has 0 saturated carbocycles. The molecular weight excluding hydrogens is 220 g/mol. The zero-order valence-electron chi connectivity index (χ0n) is 10.0. The van der Waals surface area contributed by atoms with E-state index in [-0.39, 0.29) is 0 Å². The summed E-state index contributed by atoms with van der Waals surface area (Å²) in [7, 11) is 2.15. The lowest BCUT2D eigenvalue weighted by atomic mass is 10.2. The molecule has 1 aliphatic heterocycles. The van der Waals surface area contributed by atoms with Gasteiger partial charge in [0.2, 0.25) is 0 Å². The third-order valence-corrected chi connectivity index (χ3v) is 3.99. The Hall–Kier alpha value is -0.420. The van der Waals surface area contributed by atoms with Crippen molar-refractivity contribution in [1.29, 1.82) is 0 Å². The van der Waals surface area contributed by atoms with Gasteiger partial charge in [-0.15, -0.1) is 11.3 Å². The first-order valence-electron chi connectivity index (χ1n) is 5.79. The molecule has 0 amide bonds. The average molecular weight is 240 g/mol. The molecule has 1 aromatic heterocycles. The van der Waals surface area contributed by atoms with Crippen LogP contribution in [-0.4, -0.2) is 44.3 Å². The van der Waals surface area contributed by atoms with Gasteiger partial charge in [-0.25, -0.2) is 0 Å². The molecule has 0 aromatic carbocycles. The van der Waals surface area contributed by atoms with E-state index in [2.05, 4.69) is 35.6 Å². The molecule has 0 aliphatic carbocycles. The zero-order chi connectivity index (χ0) is 11.4. The average Bonchev–Trinajstić information content (AvgIpc) is 2.65. The van der Waals surface area contributed by atoms with Gasteiger partial charge in [-0.2, -0.15) is 0 Å². The molecule has 1 fully saturated rings. The van der Waals surface area contributed by atoms with E-state index in [1.807, 2.05) is 11.3 Å². The number of nitrogens with one attached hydrogen (secondary N) is 1. The van der Waals surface area contributed by atoms with Gasteiger partial charge in [0.1, 0.15) is 0 Å². The predicted octanol–water partition coefficient (Wildman–Crippen LogP) is 1.48. The lowest BCUT2D eigenvalue weighted by Crippen LogP contribution is -2.44. The molecule has 2 heterocycles. The van der Waals surface area contributed by atoms with Crippen molar-refractivity contribution in [1.82, 2.24) is 10.2 Å². The van der Waals surface area contributed by atoms with E-state index < -0.39 is 0 Å². The summed E-state index contributed by atoms with van der Waals surface area (Å²) in [5, 5.41) is 5.63. The second kappa shape index (κ2) is 5.77. The number of ether oxygens (including phenoxy) is 1. The number of nitrogens with zero attached hydrogens (tertiary/aromatic N) is 1. The number of aryl methyl sites for hydroxylation is 1. The van der Waals surface area contributed by atoms with Crippen molar-refractivity contribution in [3.05, 3.63) is 21.9 Å². The van der Waals surface area contributed by atoms with Gasteiger partial charge in [0.05, 0.1) is 12.7 Å². The lowest BCUT2D eigenvalue weighted by Gasteiger charge is -2.30. The Balaban J connectivity index is 1.70. The molecule has 0 unspecified atom stereocenters. The molecule has 1 aliphatic rings. The van der Waals surface area contributed by atoms with Crippen molar-refractivity contribution in [2.75, 3.05) is 33.3 Å². The molecular formula is C12H20N2OS. The van der Waals surface area contributed by atoms with Crippen molar-refractivity contribution in [2.24, 2.45) is 0 Å². The standard InChI is InChI=1S/C12H20N2OS/c1-10-3-6-16-12(10)8-13-7-11-9-14(2)4-5-15-11/h3,6,11,13H,4-5,7-9H2,1-2H3/t11-/m1/s1. The third kappa shape index (κ3) is 3.28. The van der Waals surface area contributed by atoms with Crippen LogP contribution in [0.15, 0.2) is 11.4 Å². The molecule has 2 rings (SSSR count). The van der Waals surface area contributed by atoms with Crippen molar-refractivity contribution in [3.63, 3.8) is 0 Å². The highest BCUT2D eigenvalue weighted by Crippen LogP contribution is 2.14. The van der Waals surface area contributed by atoms with Crippen LogP contribution in [0.4, 0.5) is 0 Å². The normalized spacial score (nSPS) is 22.5. The number of hydrogen-bond donors (Lipinski definition) is 1. The Kier molecular flexibility index (Phi) is 4.35. The van der Waals surface area contributed by atoms with Crippen LogP contribution in [0.2, 0.25) is 0 Å². The Bertz CT molecular complexity index is 327. The van der Waals surface area contributed by atoms with E-state index in [0.29, 0.717) is 6.10 Å². The van der Waals surface area contributed by atoms with Crippen LogP contribution < -0.4 is 5.32 Å². The number of morpholine rings is 1. The molecule has 1 atom stereocenters. The Morgan fingerprint density at radius 3 is 3.19 bits per heavy atom. The molecule has 3 nitrogen and oxygen atoms in total. The molecule has 1 saturated heterocycles. The molecule has 0 bridgehead atoms. The number of likely N-dealkylation sites (N-methyl/N-ethyl adjacent to an activating group) is 1. The summed E-state index contributed by atoms with van der Waals surface area (Å²) in [5.74, 6) is 0. The maximum atomic E-state index is 5.70. The van der Waals surface area contributed by atoms with Gasteiger partial charge in [0.15, 0.2) is 0 Å². The van der Waals surface area contributed by atoms with E-state index in [1.165, 1.54) is 10.4 Å². The SMILES string of the molecule is Cc1ccsc1CNC[C@@H]1CN(C)CCO1. The molecule has 4 heteroatoms. The predicted molar refractivity (Wildman–Crippen MR) is 68.0 cm³/mol. The van der Waals surface area contributed by atoms with E-state index in [0.717, 1.165) is 32.8 Å². The van der Waals surface area contributed by atoms with Gasteiger partial charge in [0.25, 0.3) is 0 Å². The minimum atomic E-state index is 0.346. The highest BCUT2D eigenvalue weighted by molar-refractivity contribution is 7.10. The van der Waals surface area contributed by atoms with E-state index in [1.54, 1.807) is 0 Å². The van der Waals surface area contributed by atoms with Crippen molar-refractivity contribution < 1.29 is 4.74 Å². The quantitative estimate of drug-likeness (QED) is 0.862. The minimum Gasteiger partial charge on any atom is -0.374 e. The summed E-state index contributed by atoms with van der Waals surface area (Å²) in [6, 6.07) is 2.17. The van der Waals surface area contributed by atoms with E-state index >= 15 is 0 Å². The van der Waals surface area contributed by atoms with Crippen molar-refractivity contribution >= 4 is 11.3 Å². The van der Waals surface area contributed by atoms with Crippen LogP contribution in [0, 0.1) is 6.92 Å². The van der Waals surface area contributed by atoms with Crippen LogP contribution in [0.3, 0.4) is 0 Å². The summed E-state index contributed by atoms with van der Waals surface area (Å²) in [5.41, 5.74) is 1.39. The second-order valence-electron chi connectivity index (χ2n) is 4.41. The monoisotopic (exact) mass is 240 g/mol. The fraction of sp³-hybridized carbons (Fsp3) is 0.667. The first-order valence-corrected chi connectivity index (χ1v) is 6.67. The third-order valence-electron chi connectivity index (χ3n) is 2.97. The topological polar surface area (TPSA) is 24.5 Å². The Labute approximate surface area is 101 Å². The van der Waals surface area contributed by atoms with Gasteiger partial charge in [0, 0.05) is 31.1 Å². The molecule has 90 valence electrons. The molecule has 0 spiro atoms. The summed E-state index contributed by atoms with van der Waals surface area (Å²) in [6.45, 7) is 7.03. The van der Waals surface area contributed by atoms with Crippen LogP contribution in [0.5, 0.6) is 0 Å². The fourth-order valence-corrected chi connectivity index (χ4v) is 2.80. The highest BCUT2D eigenvalue weighted by Gasteiger charge is 2.16. The van der Waals surface area contributed by atoms with Gasteiger partial charge in [-0.05, 0) is 31.0 Å². The molecule has 0 radical (unpaired) electrons. The summed E-state index contributed by atoms with van der Waals surface area (Å²) >= 11 is 1.82. The summed E-state index contributed by atoms with van der Waals surface area (Å²) < 4.78 is 5.70. The maximum Gasteiger partial charge on any atom is 0.0826 e. The molecule has 1 aromatic rings. The van der Waals surface area contributed by atoms with Crippen molar-refractivity contribution in [2.45, 2.75) is 19.6 Å². The second-order valence-corrected chi connectivity index (χ2v) is 5.41. The number of thiophene rings is 1. The largest absolute Gasteiger partial charge is 0.374 e. The lowest BCUT2D eigenvalue weighted by molar-refractivity contribution is -0.0182. The molecule has 16 heavy (non-hydrogen) atoms. The summed E-state index contributed by atoms with van der Waals surface area (Å²) in [6.07, 6.45) is 0.346. The van der Waals surface area contributed by atoms with Crippen molar-refractivity contribution in [3.8, 4) is 0 Å². The van der Waals surface area contributed by atoms with Crippen LogP contribution >= 0.6 is 11.3 Å². The van der Waals surface area contributed by atoms with Gasteiger partial charge < -0.3 is 15.0 Å². The van der Waals surface area contributed by atoms with E-state index in [4.69, 9.17) is 4.74 Å². The zero-order valence-corrected chi connectivity index (χ0v) is 10.8. The highest BCUT2D eigenvalue weighted by atomic mass is 32.1. The Morgan fingerprint density at radius 2 is 2.50 bits per heavy atom. The molecule has 1 N–H and O–H groups in total. The summed E-state index contributed by atoms with van der Waals surface area (Å²) in [4.78, 5) is 3.76. The van der Waals surface area contributed by atoms with Gasteiger partial charge >= 0.3 is 0 Å². The fourth-order valence-electron chi connectivity index (χ4n) is 1.92. The maximum absolute atomic E-state index is 5.70. The number of rotatable bonds is 4. The van der Waals surface area contributed by atoms with Crippen LogP contribution in [0.25, 0.3) is 0 Å². The van der Waals surface area contributed by atoms with Gasteiger partial charge in [-0.3, -0.25) is 0 Å². The number of hydrogen-bond acceptors (Lipinski definition) is 4. The van der Waals surface area contributed by atoms with Crippen LogP contribution in [0.1, 0.15) is 10.4 Å². The Morgan fingerprint density at radius 1 is 1.62 bits per heavy atom.